The smallest absolute Gasteiger partial charge is 0.254 e. The summed E-state index contributed by atoms with van der Waals surface area (Å²) < 4.78 is 24.9. The van der Waals surface area contributed by atoms with Crippen molar-refractivity contribution >= 4 is 21.6 Å². The van der Waals surface area contributed by atoms with Crippen LogP contribution in [0, 0.1) is 0 Å². The van der Waals surface area contributed by atoms with Gasteiger partial charge in [-0.25, -0.2) is 8.42 Å². The second kappa shape index (κ2) is 5.57. The molecule has 6 heteroatoms. The Bertz CT molecular complexity index is 699. The summed E-state index contributed by atoms with van der Waals surface area (Å²) in [6.45, 7) is 3.37. The number of hydrogen-bond donors (Lipinski definition) is 0. The molecule has 22 heavy (non-hydrogen) atoms. The van der Waals surface area contributed by atoms with E-state index in [1.165, 1.54) is 17.0 Å². The molecule has 1 saturated heterocycles. The van der Waals surface area contributed by atoms with E-state index in [0.717, 1.165) is 24.9 Å². The Morgan fingerprint density at radius 2 is 2.00 bits per heavy atom. The molecule has 1 unspecified atom stereocenters. The molecule has 0 aliphatic carbocycles. The molecule has 0 bridgehead atoms. The van der Waals surface area contributed by atoms with E-state index < -0.39 is 10.0 Å². The topological polar surface area (TPSA) is 57.7 Å². The lowest BCUT2D eigenvalue weighted by atomic mass is 10.0. The molecule has 1 amide bonds. The predicted octanol–water partition coefficient (Wildman–Crippen LogP) is 2.02. The number of benzene rings is 1. The van der Waals surface area contributed by atoms with Crippen molar-refractivity contribution in [3.63, 3.8) is 0 Å². The molecule has 120 valence electrons. The number of sulfonamides is 1. The molecule has 2 heterocycles. The van der Waals surface area contributed by atoms with Gasteiger partial charge < -0.3 is 4.90 Å². The monoisotopic (exact) mass is 322 g/mol. The molecule has 2 aliphatic rings. The van der Waals surface area contributed by atoms with E-state index in [1.54, 1.807) is 12.1 Å². The Labute approximate surface area is 132 Å². The second-order valence-electron chi connectivity index (χ2n) is 6.27. The second-order valence-corrected chi connectivity index (χ2v) is 8.18. The number of hydrogen-bond acceptors (Lipinski definition) is 3. The molecule has 0 spiro atoms. The molecule has 0 saturated carbocycles. The molecule has 1 atom stereocenters. The van der Waals surface area contributed by atoms with Crippen LogP contribution in [0.15, 0.2) is 18.2 Å². The SMILES string of the molecule is CC1CCCCN1C(=O)c1ccc2c(c1)CCN2S(C)(=O)=O. The maximum atomic E-state index is 12.7. The van der Waals surface area contributed by atoms with Gasteiger partial charge in [-0.15, -0.1) is 0 Å². The predicted molar refractivity (Wildman–Crippen MR) is 86.7 cm³/mol. The first-order chi connectivity index (χ1) is 10.4. The average Bonchev–Trinajstić information content (AvgIpc) is 2.90. The van der Waals surface area contributed by atoms with Crippen LogP contribution in [0.4, 0.5) is 5.69 Å². The molecule has 1 fully saturated rings. The fourth-order valence-corrected chi connectivity index (χ4v) is 4.37. The third-order valence-corrected chi connectivity index (χ3v) is 5.82. The molecule has 0 N–H and O–H groups in total. The number of fused-ring (bicyclic) bond motifs is 1. The Morgan fingerprint density at radius 1 is 1.23 bits per heavy atom. The molecule has 1 aromatic carbocycles. The molecule has 3 rings (SSSR count). The van der Waals surface area contributed by atoms with E-state index >= 15 is 0 Å². The zero-order valence-corrected chi connectivity index (χ0v) is 13.9. The van der Waals surface area contributed by atoms with Gasteiger partial charge in [0.05, 0.1) is 11.9 Å². The maximum Gasteiger partial charge on any atom is 0.254 e. The van der Waals surface area contributed by atoms with Crippen LogP contribution >= 0.6 is 0 Å². The standard InChI is InChI=1S/C16H22N2O3S/c1-12-5-3-4-9-17(12)16(19)14-6-7-15-13(11-14)8-10-18(15)22(2,20)21/h6-7,11-12H,3-5,8-10H2,1-2H3. The van der Waals surface area contributed by atoms with Crippen LogP contribution < -0.4 is 4.31 Å². The molecular weight excluding hydrogens is 300 g/mol. The van der Waals surface area contributed by atoms with Gasteiger partial charge in [0, 0.05) is 24.7 Å². The Hall–Kier alpha value is -1.56. The normalized spacial score (nSPS) is 21.8. The van der Waals surface area contributed by atoms with Gasteiger partial charge in [-0.1, -0.05) is 0 Å². The average molecular weight is 322 g/mol. The van der Waals surface area contributed by atoms with Gasteiger partial charge in [0.2, 0.25) is 10.0 Å². The van der Waals surface area contributed by atoms with Gasteiger partial charge in [0.1, 0.15) is 0 Å². The summed E-state index contributed by atoms with van der Waals surface area (Å²) in [6, 6.07) is 5.67. The van der Waals surface area contributed by atoms with Gasteiger partial charge in [0.15, 0.2) is 0 Å². The van der Waals surface area contributed by atoms with E-state index in [2.05, 4.69) is 6.92 Å². The Morgan fingerprint density at radius 3 is 2.68 bits per heavy atom. The first-order valence-corrected chi connectivity index (χ1v) is 9.64. The Kier molecular flexibility index (Phi) is 3.89. The van der Waals surface area contributed by atoms with E-state index in [9.17, 15) is 13.2 Å². The third kappa shape index (κ3) is 2.72. The lowest BCUT2D eigenvalue weighted by Gasteiger charge is -2.33. The largest absolute Gasteiger partial charge is 0.336 e. The van der Waals surface area contributed by atoms with Crippen molar-refractivity contribution in [2.45, 2.75) is 38.6 Å². The van der Waals surface area contributed by atoms with Crippen molar-refractivity contribution in [2.24, 2.45) is 0 Å². The highest BCUT2D eigenvalue weighted by atomic mass is 32.2. The molecule has 2 aliphatic heterocycles. The van der Waals surface area contributed by atoms with E-state index in [1.807, 2.05) is 11.0 Å². The lowest BCUT2D eigenvalue weighted by Crippen LogP contribution is -2.42. The van der Waals surface area contributed by atoms with Crippen molar-refractivity contribution in [1.29, 1.82) is 0 Å². The molecular formula is C16H22N2O3S. The van der Waals surface area contributed by atoms with Gasteiger partial charge in [-0.3, -0.25) is 9.10 Å². The van der Waals surface area contributed by atoms with Crippen LogP contribution in [0.2, 0.25) is 0 Å². The van der Waals surface area contributed by atoms with Crippen molar-refractivity contribution in [2.75, 3.05) is 23.7 Å². The highest BCUT2D eigenvalue weighted by molar-refractivity contribution is 7.92. The third-order valence-electron chi connectivity index (χ3n) is 4.64. The number of amides is 1. The highest BCUT2D eigenvalue weighted by Crippen LogP contribution is 2.31. The van der Waals surface area contributed by atoms with E-state index in [0.29, 0.717) is 24.2 Å². The van der Waals surface area contributed by atoms with Crippen molar-refractivity contribution in [3.8, 4) is 0 Å². The number of carbonyl (C=O) groups excluding carboxylic acids is 1. The lowest BCUT2D eigenvalue weighted by molar-refractivity contribution is 0.0635. The Balaban J connectivity index is 1.87. The van der Waals surface area contributed by atoms with Crippen LogP contribution in [0.3, 0.4) is 0 Å². The van der Waals surface area contributed by atoms with Crippen molar-refractivity contribution < 1.29 is 13.2 Å². The molecule has 1 aromatic rings. The number of anilines is 1. The summed E-state index contributed by atoms with van der Waals surface area (Å²) in [5.41, 5.74) is 2.33. The summed E-state index contributed by atoms with van der Waals surface area (Å²) in [7, 11) is -3.24. The van der Waals surface area contributed by atoms with Crippen LogP contribution in [-0.4, -0.2) is 44.6 Å². The number of piperidine rings is 1. The van der Waals surface area contributed by atoms with Gasteiger partial charge in [-0.05, 0) is 56.4 Å². The van der Waals surface area contributed by atoms with Gasteiger partial charge >= 0.3 is 0 Å². The quantitative estimate of drug-likeness (QED) is 0.837. The van der Waals surface area contributed by atoms with Crippen LogP contribution in [0.25, 0.3) is 0 Å². The minimum atomic E-state index is -3.24. The van der Waals surface area contributed by atoms with Crippen LogP contribution in [-0.2, 0) is 16.4 Å². The van der Waals surface area contributed by atoms with Crippen LogP contribution in [0.5, 0.6) is 0 Å². The zero-order chi connectivity index (χ0) is 15.9. The minimum absolute atomic E-state index is 0.0628. The van der Waals surface area contributed by atoms with Crippen molar-refractivity contribution in [3.05, 3.63) is 29.3 Å². The number of likely N-dealkylation sites (tertiary alicyclic amines) is 1. The first kappa shape index (κ1) is 15.3. The summed E-state index contributed by atoms with van der Waals surface area (Å²) >= 11 is 0. The van der Waals surface area contributed by atoms with E-state index in [4.69, 9.17) is 0 Å². The van der Waals surface area contributed by atoms with Crippen molar-refractivity contribution in [1.82, 2.24) is 4.90 Å². The van der Waals surface area contributed by atoms with Gasteiger partial charge in [-0.2, -0.15) is 0 Å². The maximum absolute atomic E-state index is 12.7. The summed E-state index contributed by atoms with van der Waals surface area (Å²) in [6.07, 6.45) is 5.18. The van der Waals surface area contributed by atoms with Gasteiger partial charge in [0.25, 0.3) is 5.91 Å². The summed E-state index contributed by atoms with van der Waals surface area (Å²) in [5.74, 6) is 0.0628. The van der Waals surface area contributed by atoms with E-state index in [-0.39, 0.29) is 11.9 Å². The fraction of sp³-hybridized carbons (Fsp3) is 0.562. The molecule has 0 radical (unpaired) electrons. The summed E-state index contributed by atoms with van der Waals surface area (Å²) in [4.78, 5) is 14.6. The molecule has 0 aromatic heterocycles. The van der Waals surface area contributed by atoms with Crippen LogP contribution in [0.1, 0.15) is 42.1 Å². The zero-order valence-electron chi connectivity index (χ0n) is 13.1. The number of rotatable bonds is 2. The minimum Gasteiger partial charge on any atom is -0.336 e. The first-order valence-electron chi connectivity index (χ1n) is 7.79. The molecule has 5 nitrogen and oxygen atoms in total. The number of carbonyl (C=O) groups is 1. The highest BCUT2D eigenvalue weighted by Gasteiger charge is 2.29. The fourth-order valence-electron chi connectivity index (χ4n) is 3.41. The number of nitrogens with zero attached hydrogens (tertiary/aromatic N) is 2. The summed E-state index contributed by atoms with van der Waals surface area (Å²) in [5, 5.41) is 0.